The molecule has 0 aliphatic rings. The molecule has 8 heteroatoms. The Kier molecular flexibility index (Phi) is 2.75. The van der Waals surface area contributed by atoms with Gasteiger partial charge in [0.2, 0.25) is 5.88 Å². The van der Waals surface area contributed by atoms with E-state index in [1.165, 1.54) is 10.7 Å². The molecule has 1 aromatic carbocycles. The minimum atomic E-state index is -1.06. The molecule has 0 radical (unpaired) electrons. The molecule has 3 rings (SSSR count). The molecular formula is C12H9N5O3. The lowest BCUT2D eigenvalue weighted by Crippen LogP contribution is -2.02. The first-order chi connectivity index (χ1) is 9.63. The first-order valence-electron chi connectivity index (χ1n) is 5.71. The van der Waals surface area contributed by atoms with Crippen LogP contribution in [0.2, 0.25) is 0 Å². The number of hydrogen-bond acceptors (Lipinski definition) is 6. The molecule has 0 saturated carbocycles. The van der Waals surface area contributed by atoms with Crippen LogP contribution in [0.4, 0.5) is 0 Å². The van der Waals surface area contributed by atoms with Gasteiger partial charge in [0.1, 0.15) is 11.3 Å². The third-order valence-corrected chi connectivity index (χ3v) is 2.63. The van der Waals surface area contributed by atoms with Gasteiger partial charge in [0.25, 0.3) is 0 Å². The van der Waals surface area contributed by atoms with E-state index in [1.54, 1.807) is 24.3 Å². The average molecular weight is 271 g/mol. The SMILES string of the molecule is Cc1ccc(Oc2ccc3nnnn3n2)c(C(=O)O)c1. The average Bonchev–Trinajstić information content (AvgIpc) is 2.88. The smallest absolute Gasteiger partial charge is 0.339 e. The molecule has 0 atom stereocenters. The Balaban J connectivity index is 1.99. The van der Waals surface area contributed by atoms with Gasteiger partial charge in [-0.2, -0.15) is 0 Å². The van der Waals surface area contributed by atoms with E-state index in [4.69, 9.17) is 9.84 Å². The van der Waals surface area contributed by atoms with Crippen LogP contribution >= 0.6 is 0 Å². The summed E-state index contributed by atoms with van der Waals surface area (Å²) in [5.74, 6) is -0.647. The van der Waals surface area contributed by atoms with Crippen molar-refractivity contribution in [2.75, 3.05) is 0 Å². The Bertz CT molecular complexity index is 799. The molecule has 100 valence electrons. The summed E-state index contributed by atoms with van der Waals surface area (Å²) in [5.41, 5.74) is 1.38. The van der Waals surface area contributed by atoms with E-state index in [0.29, 0.717) is 5.65 Å². The van der Waals surface area contributed by atoms with E-state index in [1.807, 2.05) is 6.92 Å². The van der Waals surface area contributed by atoms with Crippen molar-refractivity contribution in [2.24, 2.45) is 0 Å². The fraction of sp³-hybridized carbons (Fsp3) is 0.0833. The number of nitrogens with zero attached hydrogens (tertiary/aromatic N) is 5. The number of carbonyl (C=O) groups is 1. The van der Waals surface area contributed by atoms with Crippen LogP contribution in [0.15, 0.2) is 30.3 Å². The highest BCUT2D eigenvalue weighted by atomic mass is 16.5. The second kappa shape index (κ2) is 4.57. The van der Waals surface area contributed by atoms with Crippen LogP contribution in [0.1, 0.15) is 15.9 Å². The number of ether oxygens (including phenoxy) is 1. The molecule has 0 bridgehead atoms. The van der Waals surface area contributed by atoms with Crippen LogP contribution in [0.25, 0.3) is 5.65 Å². The molecule has 0 unspecified atom stereocenters. The number of carboxylic acid groups (broad SMARTS) is 1. The van der Waals surface area contributed by atoms with Gasteiger partial charge < -0.3 is 9.84 Å². The first-order valence-corrected chi connectivity index (χ1v) is 5.71. The topological polar surface area (TPSA) is 103 Å². The van der Waals surface area contributed by atoms with Crippen molar-refractivity contribution in [3.8, 4) is 11.6 Å². The number of aromatic nitrogens is 5. The second-order valence-corrected chi connectivity index (χ2v) is 4.10. The largest absolute Gasteiger partial charge is 0.478 e. The van der Waals surface area contributed by atoms with Gasteiger partial charge in [0, 0.05) is 6.07 Å². The van der Waals surface area contributed by atoms with E-state index in [2.05, 4.69) is 20.6 Å². The molecule has 0 amide bonds. The third kappa shape index (κ3) is 2.14. The lowest BCUT2D eigenvalue weighted by atomic mass is 10.1. The monoisotopic (exact) mass is 271 g/mol. The van der Waals surface area contributed by atoms with Crippen LogP contribution in [0.5, 0.6) is 11.6 Å². The summed E-state index contributed by atoms with van der Waals surface area (Å²) < 4.78 is 6.69. The predicted octanol–water partition coefficient (Wildman–Crippen LogP) is 1.32. The second-order valence-electron chi connectivity index (χ2n) is 4.10. The number of carboxylic acids is 1. The van der Waals surface area contributed by atoms with E-state index in [9.17, 15) is 4.79 Å². The van der Waals surface area contributed by atoms with E-state index < -0.39 is 5.97 Å². The number of tetrazole rings is 1. The summed E-state index contributed by atoms with van der Waals surface area (Å²) in [4.78, 5) is 11.2. The highest BCUT2D eigenvalue weighted by molar-refractivity contribution is 5.91. The molecule has 0 aliphatic carbocycles. The maximum atomic E-state index is 11.2. The van der Waals surface area contributed by atoms with Crippen molar-refractivity contribution in [2.45, 2.75) is 6.92 Å². The Morgan fingerprint density at radius 2 is 2.15 bits per heavy atom. The molecule has 1 N–H and O–H groups in total. The first kappa shape index (κ1) is 12.0. The number of benzene rings is 1. The Hall–Kier alpha value is -3.03. The van der Waals surface area contributed by atoms with Crippen molar-refractivity contribution < 1.29 is 14.6 Å². The zero-order chi connectivity index (χ0) is 14.1. The van der Waals surface area contributed by atoms with Gasteiger partial charge in [-0.15, -0.1) is 14.8 Å². The van der Waals surface area contributed by atoms with E-state index in [-0.39, 0.29) is 17.2 Å². The Morgan fingerprint density at radius 1 is 1.30 bits per heavy atom. The normalized spacial score (nSPS) is 10.7. The fourth-order valence-corrected chi connectivity index (χ4v) is 1.70. The molecule has 2 aromatic heterocycles. The zero-order valence-corrected chi connectivity index (χ0v) is 10.4. The maximum Gasteiger partial charge on any atom is 0.339 e. The number of hydrogen-bond donors (Lipinski definition) is 1. The molecule has 0 fully saturated rings. The fourth-order valence-electron chi connectivity index (χ4n) is 1.70. The maximum absolute atomic E-state index is 11.2. The van der Waals surface area contributed by atoms with Crippen LogP contribution in [0.3, 0.4) is 0 Å². The molecule has 20 heavy (non-hydrogen) atoms. The quantitative estimate of drug-likeness (QED) is 0.766. The van der Waals surface area contributed by atoms with Crippen molar-refractivity contribution in [1.29, 1.82) is 0 Å². The molecule has 3 aromatic rings. The summed E-state index contributed by atoms with van der Waals surface area (Å²) in [6, 6.07) is 8.07. The van der Waals surface area contributed by atoms with Crippen molar-refractivity contribution in [3.05, 3.63) is 41.5 Å². The van der Waals surface area contributed by atoms with Crippen LogP contribution in [0, 0.1) is 6.92 Å². The van der Waals surface area contributed by atoms with Crippen molar-refractivity contribution >= 4 is 11.6 Å². The zero-order valence-electron chi connectivity index (χ0n) is 10.4. The van der Waals surface area contributed by atoms with E-state index >= 15 is 0 Å². The summed E-state index contributed by atoms with van der Waals surface area (Å²) in [6.45, 7) is 1.81. The highest BCUT2D eigenvalue weighted by Crippen LogP contribution is 2.25. The summed E-state index contributed by atoms with van der Waals surface area (Å²) >= 11 is 0. The van der Waals surface area contributed by atoms with Crippen LogP contribution < -0.4 is 4.74 Å². The molecule has 8 nitrogen and oxygen atoms in total. The molecular weight excluding hydrogens is 262 g/mol. The molecule has 0 saturated heterocycles. The predicted molar refractivity (Wildman–Crippen MR) is 66.8 cm³/mol. The summed E-state index contributed by atoms with van der Waals surface area (Å²) in [6.07, 6.45) is 0. The van der Waals surface area contributed by atoms with Crippen LogP contribution in [-0.4, -0.2) is 36.3 Å². The highest BCUT2D eigenvalue weighted by Gasteiger charge is 2.13. The van der Waals surface area contributed by atoms with Crippen molar-refractivity contribution in [1.82, 2.24) is 25.3 Å². The van der Waals surface area contributed by atoms with Gasteiger partial charge in [-0.3, -0.25) is 0 Å². The summed E-state index contributed by atoms with van der Waals surface area (Å²) in [5, 5.41) is 24.0. The minimum absolute atomic E-state index is 0.0728. The van der Waals surface area contributed by atoms with Gasteiger partial charge in [-0.05, 0) is 35.5 Å². The number of aryl methyl sites for hydroxylation is 1. The lowest BCUT2D eigenvalue weighted by Gasteiger charge is -2.08. The number of aromatic carboxylic acids is 1. The Labute approximate surface area is 112 Å². The van der Waals surface area contributed by atoms with Crippen molar-refractivity contribution in [3.63, 3.8) is 0 Å². The van der Waals surface area contributed by atoms with Gasteiger partial charge >= 0.3 is 5.97 Å². The van der Waals surface area contributed by atoms with Crippen LogP contribution in [-0.2, 0) is 0 Å². The molecule has 0 spiro atoms. The Morgan fingerprint density at radius 3 is 2.95 bits per heavy atom. The van der Waals surface area contributed by atoms with Gasteiger partial charge in [0.15, 0.2) is 5.65 Å². The van der Waals surface area contributed by atoms with Gasteiger partial charge in [-0.1, -0.05) is 11.6 Å². The minimum Gasteiger partial charge on any atom is -0.478 e. The summed E-state index contributed by atoms with van der Waals surface area (Å²) in [7, 11) is 0. The molecule has 2 heterocycles. The molecule has 0 aliphatic heterocycles. The standard InChI is InChI=1S/C12H9N5O3/c1-7-2-3-9(8(6-7)12(18)19)20-11-5-4-10-13-15-16-17(10)14-11/h2-6H,1H3,(H,18,19). The van der Waals surface area contributed by atoms with Gasteiger partial charge in [-0.25, -0.2) is 4.79 Å². The third-order valence-electron chi connectivity index (χ3n) is 2.63. The van der Waals surface area contributed by atoms with E-state index in [0.717, 1.165) is 5.56 Å². The van der Waals surface area contributed by atoms with Gasteiger partial charge in [0.05, 0.1) is 0 Å². The lowest BCUT2D eigenvalue weighted by molar-refractivity contribution is 0.0694. The number of fused-ring (bicyclic) bond motifs is 1. The number of rotatable bonds is 3.